The number of halogens is 3. The molecule has 7 heteroatoms. The van der Waals surface area contributed by atoms with Gasteiger partial charge in [-0.2, -0.15) is 4.98 Å². The molecule has 1 aromatic carbocycles. The Morgan fingerprint density at radius 3 is 2.70 bits per heavy atom. The highest BCUT2D eigenvalue weighted by Crippen LogP contribution is 2.36. The lowest BCUT2D eigenvalue weighted by Crippen LogP contribution is -2.34. The summed E-state index contributed by atoms with van der Waals surface area (Å²) in [7, 11) is 0. The smallest absolute Gasteiger partial charge is 0.259 e. The van der Waals surface area contributed by atoms with Crippen molar-refractivity contribution in [2.75, 3.05) is 0 Å². The summed E-state index contributed by atoms with van der Waals surface area (Å²) in [6.45, 7) is 0. The fourth-order valence-electron chi connectivity index (χ4n) is 2.43. The maximum absolute atomic E-state index is 6.31. The molecule has 1 fully saturated rings. The molecule has 1 aromatic heterocycles. The molecule has 4 nitrogen and oxygen atoms in total. The van der Waals surface area contributed by atoms with Crippen molar-refractivity contribution in [3.8, 4) is 11.5 Å². The predicted octanol–water partition coefficient (Wildman–Crippen LogP) is 4.30. The molecule has 1 heterocycles. The van der Waals surface area contributed by atoms with Crippen LogP contribution in [0.15, 0.2) is 27.2 Å². The van der Waals surface area contributed by atoms with Gasteiger partial charge in [0.2, 0.25) is 0 Å². The van der Waals surface area contributed by atoms with Gasteiger partial charge in [0.1, 0.15) is 0 Å². The summed E-state index contributed by atoms with van der Waals surface area (Å²) in [6.07, 6.45) is 4.02. The largest absolute Gasteiger partial charge is 0.334 e. The molecule has 20 heavy (non-hydrogen) atoms. The van der Waals surface area contributed by atoms with Gasteiger partial charge in [0, 0.05) is 4.47 Å². The van der Waals surface area contributed by atoms with Crippen molar-refractivity contribution >= 4 is 39.9 Å². The summed E-state index contributed by atoms with van der Waals surface area (Å²) < 4.78 is 6.23. The second kappa shape index (κ2) is 6.02. The first-order valence-corrected chi connectivity index (χ1v) is 7.34. The van der Waals surface area contributed by atoms with Crippen molar-refractivity contribution in [1.29, 1.82) is 0 Å². The number of hydrogen-bond donors (Lipinski definition) is 1. The average molecular weight is 379 g/mol. The first-order chi connectivity index (χ1) is 9.08. The van der Waals surface area contributed by atoms with Gasteiger partial charge in [-0.25, -0.2) is 0 Å². The third-order valence-corrected chi connectivity index (χ3v) is 4.35. The maximum atomic E-state index is 6.31. The Balaban J connectivity index is 0.00000147. The summed E-state index contributed by atoms with van der Waals surface area (Å²) >= 11 is 9.56. The van der Waals surface area contributed by atoms with Crippen molar-refractivity contribution in [3.63, 3.8) is 0 Å². The summed E-state index contributed by atoms with van der Waals surface area (Å²) in [4.78, 5) is 4.43. The molecular weight excluding hydrogens is 365 g/mol. The van der Waals surface area contributed by atoms with Crippen molar-refractivity contribution in [1.82, 2.24) is 10.1 Å². The zero-order valence-corrected chi connectivity index (χ0v) is 13.8. The Hall–Kier alpha value is -0.620. The number of hydrogen-bond acceptors (Lipinski definition) is 4. The summed E-state index contributed by atoms with van der Waals surface area (Å²) in [5, 5.41) is 4.61. The standard InChI is InChI=1S/C13H13BrClN3O.ClH/c14-8-3-4-10(15)9(7-8)11-17-12(18-19-11)13(16)5-1-2-6-13;/h3-4,7H,1-2,5-6,16H2;1H. The molecule has 0 atom stereocenters. The van der Waals surface area contributed by atoms with Gasteiger partial charge in [-0.15, -0.1) is 12.4 Å². The molecule has 1 saturated carbocycles. The first-order valence-electron chi connectivity index (χ1n) is 6.17. The normalized spacial score (nSPS) is 16.9. The van der Waals surface area contributed by atoms with Crippen LogP contribution >= 0.6 is 39.9 Å². The third-order valence-electron chi connectivity index (χ3n) is 3.53. The van der Waals surface area contributed by atoms with Crippen LogP contribution in [0.1, 0.15) is 31.5 Å². The van der Waals surface area contributed by atoms with E-state index in [1.165, 1.54) is 0 Å². The highest BCUT2D eigenvalue weighted by atomic mass is 79.9. The van der Waals surface area contributed by atoms with Crippen molar-refractivity contribution < 1.29 is 4.52 Å². The third kappa shape index (κ3) is 2.86. The lowest BCUT2D eigenvalue weighted by molar-refractivity contribution is 0.372. The zero-order valence-electron chi connectivity index (χ0n) is 10.6. The van der Waals surface area contributed by atoms with E-state index in [4.69, 9.17) is 21.9 Å². The molecule has 3 rings (SSSR count). The minimum atomic E-state index is -0.444. The summed E-state index contributed by atoms with van der Waals surface area (Å²) in [5.41, 5.74) is 6.59. The van der Waals surface area contributed by atoms with E-state index >= 15 is 0 Å². The van der Waals surface area contributed by atoms with Crippen molar-refractivity contribution in [2.45, 2.75) is 31.2 Å². The molecule has 0 unspecified atom stereocenters. The van der Waals surface area contributed by atoms with E-state index in [-0.39, 0.29) is 12.4 Å². The van der Waals surface area contributed by atoms with Crippen LogP contribution in [0.5, 0.6) is 0 Å². The Morgan fingerprint density at radius 2 is 2.00 bits per heavy atom. The van der Waals surface area contributed by atoms with Crippen LogP contribution in [0.4, 0.5) is 0 Å². The zero-order chi connectivity index (χ0) is 13.5. The van der Waals surface area contributed by atoms with Crippen molar-refractivity contribution in [3.05, 3.63) is 33.5 Å². The number of nitrogens with two attached hydrogens (primary N) is 1. The van der Waals surface area contributed by atoms with Gasteiger partial charge in [-0.3, -0.25) is 0 Å². The minimum absolute atomic E-state index is 0. The van der Waals surface area contributed by atoms with Gasteiger partial charge in [-0.1, -0.05) is 45.5 Å². The fraction of sp³-hybridized carbons (Fsp3) is 0.385. The van der Waals surface area contributed by atoms with Crippen LogP contribution in [-0.4, -0.2) is 10.1 Å². The molecule has 0 amide bonds. The van der Waals surface area contributed by atoms with E-state index in [9.17, 15) is 0 Å². The van der Waals surface area contributed by atoms with E-state index in [0.717, 1.165) is 35.7 Å². The maximum Gasteiger partial charge on any atom is 0.259 e. The van der Waals surface area contributed by atoms with Gasteiger partial charge >= 0.3 is 0 Å². The van der Waals surface area contributed by atoms with Crippen LogP contribution in [0.3, 0.4) is 0 Å². The number of nitrogens with zero attached hydrogens (tertiary/aromatic N) is 2. The van der Waals surface area contributed by atoms with Gasteiger partial charge in [0.15, 0.2) is 5.82 Å². The molecule has 0 saturated heterocycles. The molecular formula is C13H14BrCl2N3O. The quantitative estimate of drug-likeness (QED) is 0.845. The van der Waals surface area contributed by atoms with Crippen LogP contribution < -0.4 is 5.73 Å². The van der Waals surface area contributed by atoms with E-state index in [1.54, 1.807) is 6.07 Å². The molecule has 1 aliphatic rings. The second-order valence-corrected chi connectivity index (χ2v) is 6.23. The van der Waals surface area contributed by atoms with Crippen molar-refractivity contribution in [2.24, 2.45) is 5.73 Å². The van der Waals surface area contributed by atoms with Gasteiger partial charge < -0.3 is 10.3 Å². The van der Waals surface area contributed by atoms with Gasteiger partial charge in [0.25, 0.3) is 5.89 Å². The molecule has 0 radical (unpaired) electrons. The Kier molecular flexibility index (Phi) is 4.74. The van der Waals surface area contributed by atoms with E-state index in [0.29, 0.717) is 16.7 Å². The van der Waals surface area contributed by atoms with E-state index in [2.05, 4.69) is 26.1 Å². The summed E-state index contributed by atoms with van der Waals surface area (Å²) in [6, 6.07) is 5.51. The molecule has 1 aliphatic carbocycles. The molecule has 0 bridgehead atoms. The average Bonchev–Trinajstić information content (AvgIpc) is 3.02. The molecule has 0 aliphatic heterocycles. The first kappa shape index (κ1) is 15.8. The molecule has 0 spiro atoms. The topological polar surface area (TPSA) is 64.9 Å². The van der Waals surface area contributed by atoms with Crippen LogP contribution in [0, 0.1) is 0 Å². The lowest BCUT2D eigenvalue weighted by atomic mass is 9.99. The Bertz CT molecular complexity index is 611. The molecule has 2 aromatic rings. The highest BCUT2D eigenvalue weighted by molar-refractivity contribution is 9.10. The van der Waals surface area contributed by atoms with Gasteiger partial charge in [0.05, 0.1) is 16.1 Å². The minimum Gasteiger partial charge on any atom is -0.334 e. The molecule has 108 valence electrons. The monoisotopic (exact) mass is 377 g/mol. The van der Waals surface area contributed by atoms with Crippen LogP contribution in [-0.2, 0) is 5.54 Å². The SMILES string of the molecule is Cl.NC1(c2noc(-c3cc(Br)ccc3Cl)n2)CCCC1. The number of rotatable bonds is 2. The number of aromatic nitrogens is 2. The summed E-state index contributed by atoms with van der Waals surface area (Å²) in [5.74, 6) is 0.995. The van der Waals surface area contributed by atoms with Gasteiger partial charge in [-0.05, 0) is 31.0 Å². The Labute approximate surface area is 136 Å². The lowest BCUT2D eigenvalue weighted by Gasteiger charge is -2.17. The van der Waals surface area contributed by atoms with E-state index < -0.39 is 5.54 Å². The highest BCUT2D eigenvalue weighted by Gasteiger charge is 2.36. The predicted molar refractivity (Wildman–Crippen MR) is 84.0 cm³/mol. The second-order valence-electron chi connectivity index (χ2n) is 4.91. The van der Waals surface area contributed by atoms with Crippen LogP contribution in [0.2, 0.25) is 5.02 Å². The fourth-order valence-corrected chi connectivity index (χ4v) is 2.99. The number of benzene rings is 1. The van der Waals surface area contributed by atoms with E-state index in [1.807, 2.05) is 12.1 Å². The molecule has 2 N–H and O–H groups in total. The van der Waals surface area contributed by atoms with Crippen LogP contribution in [0.25, 0.3) is 11.5 Å². The Morgan fingerprint density at radius 1 is 1.30 bits per heavy atom.